The van der Waals surface area contributed by atoms with E-state index in [0.29, 0.717) is 12.2 Å². The third kappa shape index (κ3) is 2.65. The summed E-state index contributed by atoms with van der Waals surface area (Å²) in [5.74, 6) is -1.55. The van der Waals surface area contributed by atoms with Gasteiger partial charge in [0.2, 0.25) is 6.23 Å². The van der Waals surface area contributed by atoms with Gasteiger partial charge in [0.25, 0.3) is 5.91 Å². The molecule has 1 aromatic heterocycles. The maximum absolute atomic E-state index is 11.5. The number of carbonyl (C=O) groups excluding carboxylic acids is 1. The van der Waals surface area contributed by atoms with E-state index in [1.807, 2.05) is 18.2 Å². The zero-order valence-corrected chi connectivity index (χ0v) is 11.1. The number of carboxylic acid groups (broad SMARTS) is 1. The Morgan fingerprint density at radius 2 is 2.10 bits per heavy atom. The Kier molecular flexibility index (Phi) is 4.05. The van der Waals surface area contributed by atoms with Crippen LogP contribution in [0.1, 0.15) is 18.7 Å². The molecule has 0 bridgehead atoms. The van der Waals surface area contributed by atoms with E-state index in [-0.39, 0.29) is 6.42 Å². The van der Waals surface area contributed by atoms with Gasteiger partial charge in [-0.2, -0.15) is 0 Å². The van der Waals surface area contributed by atoms with Crippen LogP contribution in [0.5, 0.6) is 0 Å². The number of primary amides is 1. The molecule has 0 aliphatic heterocycles. The summed E-state index contributed by atoms with van der Waals surface area (Å²) in [6.07, 6.45) is 0.557. The van der Waals surface area contributed by atoms with Crippen molar-refractivity contribution in [1.82, 2.24) is 4.57 Å². The number of hydrogen-bond acceptors (Lipinski definition) is 3. The normalized spacial score (nSPS) is 12.4. The molecular weight excluding hydrogens is 260 g/mol. The number of aromatic nitrogens is 1. The average Bonchev–Trinajstić information content (AvgIpc) is 2.74. The topological polar surface area (TPSA) is 94.5 Å². The van der Waals surface area contributed by atoms with Crippen molar-refractivity contribution < 1.29 is 19.4 Å². The number of amides is 1. The lowest BCUT2D eigenvalue weighted by atomic mass is 10.1. The van der Waals surface area contributed by atoms with Crippen LogP contribution >= 0.6 is 0 Å². The minimum absolute atomic E-state index is 0.120. The van der Waals surface area contributed by atoms with Crippen molar-refractivity contribution in [3.05, 3.63) is 36.0 Å². The summed E-state index contributed by atoms with van der Waals surface area (Å²) < 4.78 is 6.94. The Labute approximate surface area is 115 Å². The van der Waals surface area contributed by atoms with Crippen LogP contribution in [0.4, 0.5) is 0 Å². The molecule has 1 amide bonds. The SMILES string of the molecule is CCOC(C(N)=O)n1cc(CC(=O)O)c2ccccc21. The van der Waals surface area contributed by atoms with E-state index < -0.39 is 18.1 Å². The Balaban J connectivity index is 2.57. The highest BCUT2D eigenvalue weighted by atomic mass is 16.5. The first-order valence-electron chi connectivity index (χ1n) is 6.25. The first-order chi connectivity index (χ1) is 9.54. The summed E-state index contributed by atoms with van der Waals surface area (Å²) in [7, 11) is 0. The summed E-state index contributed by atoms with van der Waals surface area (Å²) in [4.78, 5) is 22.4. The van der Waals surface area contributed by atoms with Crippen molar-refractivity contribution in [3.63, 3.8) is 0 Å². The van der Waals surface area contributed by atoms with Crippen molar-refractivity contribution in [2.75, 3.05) is 6.61 Å². The number of fused-ring (bicyclic) bond motifs is 1. The van der Waals surface area contributed by atoms with Crippen LogP contribution in [0.15, 0.2) is 30.5 Å². The maximum Gasteiger partial charge on any atom is 0.307 e. The summed E-state index contributed by atoms with van der Waals surface area (Å²) in [5, 5.41) is 9.73. The largest absolute Gasteiger partial charge is 0.481 e. The summed E-state index contributed by atoms with van der Waals surface area (Å²) in [5.41, 5.74) is 6.70. The number of para-hydroxylation sites is 1. The van der Waals surface area contributed by atoms with E-state index in [1.54, 1.807) is 23.8 Å². The average molecular weight is 276 g/mol. The van der Waals surface area contributed by atoms with E-state index in [1.165, 1.54) is 0 Å². The van der Waals surface area contributed by atoms with Gasteiger partial charge in [-0.1, -0.05) is 18.2 Å². The molecule has 0 saturated carbocycles. The molecule has 2 aromatic rings. The number of carbonyl (C=O) groups is 2. The minimum atomic E-state index is -0.938. The first kappa shape index (κ1) is 14.1. The molecule has 1 atom stereocenters. The maximum atomic E-state index is 11.5. The van der Waals surface area contributed by atoms with E-state index in [0.717, 1.165) is 10.9 Å². The van der Waals surface area contributed by atoms with Gasteiger partial charge >= 0.3 is 5.97 Å². The van der Waals surface area contributed by atoms with E-state index in [4.69, 9.17) is 15.6 Å². The Morgan fingerprint density at radius 3 is 2.70 bits per heavy atom. The molecular formula is C14H16N2O4. The van der Waals surface area contributed by atoms with Crippen LogP contribution < -0.4 is 5.73 Å². The molecule has 1 aromatic carbocycles. The van der Waals surface area contributed by atoms with Crippen LogP contribution in [-0.4, -0.2) is 28.2 Å². The summed E-state index contributed by atoms with van der Waals surface area (Å²) in [6, 6.07) is 7.25. The van der Waals surface area contributed by atoms with E-state index in [2.05, 4.69) is 0 Å². The van der Waals surface area contributed by atoms with Gasteiger partial charge in [0, 0.05) is 18.2 Å². The Morgan fingerprint density at radius 1 is 1.40 bits per heavy atom. The number of rotatable bonds is 6. The number of hydrogen-bond donors (Lipinski definition) is 2. The highest BCUT2D eigenvalue weighted by Crippen LogP contribution is 2.25. The third-order valence-electron chi connectivity index (χ3n) is 2.99. The molecule has 0 spiro atoms. The molecule has 3 N–H and O–H groups in total. The second-order valence-corrected chi connectivity index (χ2v) is 4.36. The first-order valence-corrected chi connectivity index (χ1v) is 6.25. The van der Waals surface area contributed by atoms with Crippen LogP contribution in [0.3, 0.4) is 0 Å². The zero-order chi connectivity index (χ0) is 14.7. The zero-order valence-electron chi connectivity index (χ0n) is 11.1. The molecule has 6 heteroatoms. The number of nitrogens with zero attached hydrogens (tertiary/aromatic N) is 1. The van der Waals surface area contributed by atoms with Gasteiger partial charge in [0.05, 0.1) is 11.9 Å². The molecule has 6 nitrogen and oxygen atoms in total. The summed E-state index contributed by atoms with van der Waals surface area (Å²) in [6.45, 7) is 2.09. The van der Waals surface area contributed by atoms with Gasteiger partial charge in [-0.25, -0.2) is 0 Å². The van der Waals surface area contributed by atoms with Gasteiger partial charge in [-0.05, 0) is 18.6 Å². The number of carboxylic acids is 1. The molecule has 0 aliphatic carbocycles. The fourth-order valence-corrected chi connectivity index (χ4v) is 2.23. The van der Waals surface area contributed by atoms with Crippen molar-refractivity contribution in [2.24, 2.45) is 5.73 Å². The highest BCUT2D eigenvalue weighted by Gasteiger charge is 2.21. The lowest BCUT2D eigenvalue weighted by Gasteiger charge is -2.16. The van der Waals surface area contributed by atoms with Gasteiger partial charge in [-0.15, -0.1) is 0 Å². The van der Waals surface area contributed by atoms with Crippen molar-refractivity contribution >= 4 is 22.8 Å². The van der Waals surface area contributed by atoms with Crippen LogP contribution in [0.25, 0.3) is 10.9 Å². The number of aliphatic carboxylic acids is 1. The van der Waals surface area contributed by atoms with Crippen molar-refractivity contribution in [2.45, 2.75) is 19.6 Å². The Bertz CT molecular complexity index is 648. The third-order valence-corrected chi connectivity index (χ3v) is 2.99. The molecule has 20 heavy (non-hydrogen) atoms. The molecule has 0 radical (unpaired) electrons. The smallest absolute Gasteiger partial charge is 0.307 e. The lowest BCUT2D eigenvalue weighted by molar-refractivity contribution is -0.136. The monoisotopic (exact) mass is 276 g/mol. The standard InChI is InChI=1S/C14H16N2O4/c1-2-20-14(13(15)19)16-8-9(7-12(17)18)10-5-3-4-6-11(10)16/h3-6,8,14H,2,7H2,1H3,(H2,15,19)(H,17,18). The fourth-order valence-electron chi connectivity index (χ4n) is 2.23. The van der Waals surface area contributed by atoms with Gasteiger partial charge in [0.15, 0.2) is 0 Å². The van der Waals surface area contributed by atoms with Gasteiger partial charge in [-0.3, -0.25) is 9.59 Å². The molecule has 0 fully saturated rings. The van der Waals surface area contributed by atoms with Crippen LogP contribution in [0.2, 0.25) is 0 Å². The van der Waals surface area contributed by atoms with Crippen LogP contribution in [-0.2, 0) is 20.7 Å². The summed E-state index contributed by atoms with van der Waals surface area (Å²) >= 11 is 0. The van der Waals surface area contributed by atoms with Crippen molar-refractivity contribution in [1.29, 1.82) is 0 Å². The molecule has 2 rings (SSSR count). The van der Waals surface area contributed by atoms with Gasteiger partial charge < -0.3 is 20.1 Å². The van der Waals surface area contributed by atoms with Gasteiger partial charge in [0.1, 0.15) is 0 Å². The fraction of sp³-hybridized carbons (Fsp3) is 0.286. The number of nitrogens with two attached hydrogens (primary N) is 1. The molecule has 0 saturated heterocycles. The van der Waals surface area contributed by atoms with E-state index in [9.17, 15) is 9.59 Å². The second-order valence-electron chi connectivity index (χ2n) is 4.36. The molecule has 106 valence electrons. The van der Waals surface area contributed by atoms with Crippen molar-refractivity contribution in [3.8, 4) is 0 Å². The minimum Gasteiger partial charge on any atom is -0.481 e. The van der Waals surface area contributed by atoms with Crippen LogP contribution in [0, 0.1) is 0 Å². The predicted octanol–water partition coefficient (Wildman–Crippen LogP) is 1.29. The Hall–Kier alpha value is -2.34. The molecule has 0 aliphatic rings. The number of benzene rings is 1. The highest BCUT2D eigenvalue weighted by molar-refractivity contribution is 5.89. The second kappa shape index (κ2) is 5.75. The quantitative estimate of drug-likeness (QED) is 0.831. The molecule has 1 heterocycles. The number of ether oxygens (including phenoxy) is 1. The van der Waals surface area contributed by atoms with E-state index >= 15 is 0 Å². The predicted molar refractivity (Wildman–Crippen MR) is 73.1 cm³/mol. The molecule has 1 unspecified atom stereocenters. The lowest BCUT2D eigenvalue weighted by Crippen LogP contribution is -2.28.